The molecule has 2 aromatic rings. The van der Waals surface area contributed by atoms with Gasteiger partial charge < -0.3 is 4.90 Å². The van der Waals surface area contributed by atoms with Crippen LogP contribution in [0, 0.1) is 0 Å². The predicted octanol–water partition coefficient (Wildman–Crippen LogP) is 4.32. The number of benzene rings is 2. The van der Waals surface area contributed by atoms with E-state index in [2.05, 4.69) is 29.3 Å². The summed E-state index contributed by atoms with van der Waals surface area (Å²) in [6.07, 6.45) is -3.08. The number of carbonyl (C=O) groups is 1. The van der Waals surface area contributed by atoms with Crippen molar-refractivity contribution in [3.05, 3.63) is 65.2 Å². The lowest BCUT2D eigenvalue weighted by Gasteiger charge is -2.20. The van der Waals surface area contributed by atoms with Crippen molar-refractivity contribution in [3.63, 3.8) is 0 Å². The second-order valence-electron chi connectivity index (χ2n) is 5.54. The van der Waals surface area contributed by atoms with Crippen molar-refractivity contribution < 1.29 is 18.0 Å². The summed E-state index contributed by atoms with van der Waals surface area (Å²) in [6, 6.07) is 11.6. The van der Waals surface area contributed by atoms with Crippen LogP contribution < -0.4 is 10.3 Å². The van der Waals surface area contributed by atoms with Crippen molar-refractivity contribution in [1.82, 2.24) is 5.43 Å². The molecule has 0 bridgehead atoms. The third kappa shape index (κ3) is 5.08. The molecule has 0 saturated carbocycles. The largest absolute Gasteiger partial charge is 0.416 e. The number of halogens is 3. The van der Waals surface area contributed by atoms with Crippen molar-refractivity contribution in [2.24, 2.45) is 5.10 Å². The SMILES string of the molecule is CCN(CC)c1ccc(C(=O)N/N=C\c2ccc(C(F)(F)F)cc2)cc1. The van der Waals surface area contributed by atoms with Gasteiger partial charge in [-0.1, -0.05) is 12.1 Å². The van der Waals surface area contributed by atoms with Crippen LogP contribution >= 0.6 is 0 Å². The van der Waals surface area contributed by atoms with Crippen LogP contribution in [0.2, 0.25) is 0 Å². The topological polar surface area (TPSA) is 44.7 Å². The molecule has 0 aromatic heterocycles. The summed E-state index contributed by atoms with van der Waals surface area (Å²) in [5.74, 6) is -0.390. The van der Waals surface area contributed by atoms with Crippen LogP contribution in [0.5, 0.6) is 0 Å². The van der Waals surface area contributed by atoms with Crippen molar-refractivity contribution in [2.75, 3.05) is 18.0 Å². The van der Waals surface area contributed by atoms with E-state index in [-0.39, 0.29) is 5.91 Å². The first kappa shape index (κ1) is 19.5. The molecule has 2 aromatic carbocycles. The monoisotopic (exact) mass is 363 g/mol. The quantitative estimate of drug-likeness (QED) is 0.614. The summed E-state index contributed by atoms with van der Waals surface area (Å²) in [5.41, 5.74) is 3.56. The van der Waals surface area contributed by atoms with Crippen LogP contribution in [0.15, 0.2) is 53.6 Å². The third-order valence-corrected chi connectivity index (χ3v) is 3.88. The molecule has 138 valence electrons. The minimum absolute atomic E-state index is 0.390. The van der Waals surface area contributed by atoms with Crippen LogP contribution in [0.1, 0.15) is 35.3 Å². The van der Waals surface area contributed by atoms with E-state index in [0.29, 0.717) is 11.1 Å². The molecule has 26 heavy (non-hydrogen) atoms. The number of rotatable bonds is 6. The Kier molecular flexibility index (Phi) is 6.38. The molecule has 0 spiro atoms. The molecule has 4 nitrogen and oxygen atoms in total. The molecule has 0 aliphatic rings. The van der Waals surface area contributed by atoms with Crippen molar-refractivity contribution in [3.8, 4) is 0 Å². The molecule has 0 aliphatic heterocycles. The zero-order valence-electron chi connectivity index (χ0n) is 14.5. The number of hydrogen-bond acceptors (Lipinski definition) is 3. The maximum Gasteiger partial charge on any atom is 0.416 e. The number of anilines is 1. The van der Waals surface area contributed by atoms with Crippen molar-refractivity contribution in [1.29, 1.82) is 0 Å². The zero-order valence-corrected chi connectivity index (χ0v) is 14.5. The molecule has 0 fully saturated rings. The van der Waals surface area contributed by atoms with E-state index < -0.39 is 11.7 Å². The number of hydrazone groups is 1. The number of alkyl halides is 3. The third-order valence-electron chi connectivity index (χ3n) is 3.88. The molecule has 0 unspecified atom stereocenters. The van der Waals surface area contributed by atoms with E-state index in [4.69, 9.17) is 0 Å². The first-order chi connectivity index (χ1) is 12.3. The van der Waals surface area contributed by atoms with E-state index in [1.54, 1.807) is 12.1 Å². The van der Waals surface area contributed by atoms with Gasteiger partial charge in [0.2, 0.25) is 0 Å². The summed E-state index contributed by atoms with van der Waals surface area (Å²) in [7, 11) is 0. The van der Waals surface area contributed by atoms with Gasteiger partial charge in [-0.15, -0.1) is 0 Å². The Morgan fingerprint density at radius 1 is 1.04 bits per heavy atom. The van der Waals surface area contributed by atoms with Gasteiger partial charge in [-0.3, -0.25) is 4.79 Å². The second kappa shape index (κ2) is 8.51. The van der Waals surface area contributed by atoms with E-state index in [0.717, 1.165) is 30.9 Å². The summed E-state index contributed by atoms with van der Waals surface area (Å²) in [4.78, 5) is 14.2. The Bertz CT molecular complexity index is 749. The molecular weight excluding hydrogens is 343 g/mol. The Labute approximate surface area is 150 Å². The number of nitrogens with one attached hydrogen (secondary N) is 1. The van der Waals surface area contributed by atoms with Gasteiger partial charge in [-0.25, -0.2) is 5.43 Å². The fraction of sp³-hybridized carbons (Fsp3) is 0.263. The average molecular weight is 363 g/mol. The maximum atomic E-state index is 12.5. The molecular formula is C19H20F3N3O. The Balaban J connectivity index is 1.96. The Morgan fingerprint density at radius 3 is 2.12 bits per heavy atom. The number of hydrogen-bond donors (Lipinski definition) is 1. The van der Waals surface area contributed by atoms with Crippen molar-refractivity contribution >= 4 is 17.8 Å². The van der Waals surface area contributed by atoms with E-state index in [1.807, 2.05) is 12.1 Å². The lowest BCUT2D eigenvalue weighted by atomic mass is 10.1. The molecule has 0 heterocycles. The van der Waals surface area contributed by atoms with E-state index in [1.165, 1.54) is 18.3 Å². The zero-order chi connectivity index (χ0) is 19.2. The molecule has 1 N–H and O–H groups in total. The summed E-state index contributed by atoms with van der Waals surface area (Å²) in [6.45, 7) is 5.86. The van der Waals surface area contributed by atoms with Crippen molar-refractivity contribution in [2.45, 2.75) is 20.0 Å². The number of carbonyl (C=O) groups excluding carboxylic acids is 1. The van der Waals surface area contributed by atoms with Gasteiger partial charge >= 0.3 is 6.18 Å². The molecule has 0 atom stereocenters. The smallest absolute Gasteiger partial charge is 0.372 e. The fourth-order valence-electron chi connectivity index (χ4n) is 2.40. The Hall–Kier alpha value is -2.83. The second-order valence-corrected chi connectivity index (χ2v) is 5.54. The maximum absolute atomic E-state index is 12.5. The van der Waals surface area contributed by atoms with Gasteiger partial charge in [-0.2, -0.15) is 18.3 Å². The highest BCUT2D eigenvalue weighted by Gasteiger charge is 2.29. The van der Waals surface area contributed by atoms with E-state index in [9.17, 15) is 18.0 Å². The molecule has 0 saturated heterocycles. The van der Waals surface area contributed by atoms with Crippen LogP contribution in [-0.2, 0) is 6.18 Å². The van der Waals surface area contributed by atoms with Crippen LogP contribution in [0.25, 0.3) is 0 Å². The molecule has 0 aliphatic carbocycles. The number of amides is 1. The normalized spacial score (nSPS) is 11.6. The van der Waals surface area contributed by atoms with Crippen LogP contribution in [0.3, 0.4) is 0 Å². The van der Waals surface area contributed by atoms with Gasteiger partial charge in [-0.05, 0) is 55.8 Å². The standard InChI is InChI=1S/C19H20F3N3O/c1-3-25(4-2)17-11-7-15(8-12-17)18(26)24-23-13-14-5-9-16(10-6-14)19(20,21)22/h5-13H,3-4H2,1-2H3,(H,24,26)/b23-13-. The number of nitrogens with zero attached hydrogens (tertiary/aromatic N) is 2. The highest BCUT2D eigenvalue weighted by Crippen LogP contribution is 2.28. The fourth-order valence-corrected chi connectivity index (χ4v) is 2.40. The lowest BCUT2D eigenvalue weighted by molar-refractivity contribution is -0.137. The predicted molar refractivity (Wildman–Crippen MR) is 96.5 cm³/mol. The molecule has 1 amide bonds. The van der Waals surface area contributed by atoms with Gasteiger partial charge in [0.15, 0.2) is 0 Å². The lowest BCUT2D eigenvalue weighted by Crippen LogP contribution is -2.22. The highest BCUT2D eigenvalue weighted by atomic mass is 19.4. The summed E-state index contributed by atoms with van der Waals surface area (Å²) < 4.78 is 37.5. The molecule has 2 rings (SSSR count). The minimum atomic E-state index is -4.37. The van der Waals surface area contributed by atoms with E-state index >= 15 is 0 Å². The summed E-state index contributed by atoms with van der Waals surface area (Å²) >= 11 is 0. The van der Waals surface area contributed by atoms with Crippen LogP contribution in [0.4, 0.5) is 18.9 Å². The van der Waals surface area contributed by atoms with Gasteiger partial charge in [0.1, 0.15) is 0 Å². The van der Waals surface area contributed by atoms with Gasteiger partial charge in [0.25, 0.3) is 5.91 Å². The first-order valence-electron chi connectivity index (χ1n) is 8.20. The van der Waals surface area contributed by atoms with Gasteiger partial charge in [0.05, 0.1) is 11.8 Å². The minimum Gasteiger partial charge on any atom is -0.372 e. The summed E-state index contributed by atoms with van der Waals surface area (Å²) in [5, 5.41) is 3.78. The van der Waals surface area contributed by atoms with Crippen LogP contribution in [-0.4, -0.2) is 25.2 Å². The molecule has 0 radical (unpaired) electrons. The highest BCUT2D eigenvalue weighted by molar-refractivity contribution is 5.95. The Morgan fingerprint density at radius 2 is 1.62 bits per heavy atom. The average Bonchev–Trinajstić information content (AvgIpc) is 2.63. The first-order valence-corrected chi connectivity index (χ1v) is 8.20. The molecule has 7 heteroatoms. The van der Waals surface area contributed by atoms with Gasteiger partial charge in [0, 0.05) is 24.3 Å².